The van der Waals surface area contributed by atoms with Crippen LogP contribution in [0.15, 0.2) is 24.3 Å². The summed E-state index contributed by atoms with van der Waals surface area (Å²) < 4.78 is 5.56. The van der Waals surface area contributed by atoms with E-state index in [1.54, 1.807) is 12.1 Å². The molecule has 15 heavy (non-hydrogen) atoms. The van der Waals surface area contributed by atoms with E-state index in [2.05, 4.69) is 11.8 Å². The normalized spacial score (nSPS) is 13.9. The van der Waals surface area contributed by atoms with Crippen molar-refractivity contribution in [3.8, 4) is 17.6 Å². The number of carbonyl (C=O) groups is 1. The molecule has 1 aliphatic carbocycles. The Morgan fingerprint density at radius 2 is 2.27 bits per heavy atom. The number of hydrogen-bond acceptors (Lipinski definition) is 2. The van der Waals surface area contributed by atoms with Crippen LogP contribution in [-0.2, 0) is 4.79 Å². The van der Waals surface area contributed by atoms with E-state index in [0.717, 1.165) is 18.6 Å². The molecule has 76 valence electrons. The summed E-state index contributed by atoms with van der Waals surface area (Å²) in [6.07, 6.45) is 2.54. The molecular formula is C12H10O3. The molecule has 0 heterocycles. The molecule has 0 amide bonds. The van der Waals surface area contributed by atoms with Gasteiger partial charge in [-0.05, 0) is 31.0 Å². The van der Waals surface area contributed by atoms with E-state index in [9.17, 15) is 4.79 Å². The lowest BCUT2D eigenvalue weighted by Crippen LogP contribution is -1.95. The van der Waals surface area contributed by atoms with E-state index < -0.39 is 5.97 Å². The number of hydrogen-bond donors (Lipinski definition) is 1. The van der Waals surface area contributed by atoms with Crippen LogP contribution in [0.2, 0.25) is 0 Å². The second-order valence-electron chi connectivity index (χ2n) is 3.40. The van der Waals surface area contributed by atoms with Gasteiger partial charge in [-0.15, -0.1) is 0 Å². The van der Waals surface area contributed by atoms with Gasteiger partial charge in [0.05, 0.1) is 6.10 Å². The summed E-state index contributed by atoms with van der Waals surface area (Å²) in [5, 5.41) is 8.39. The smallest absolute Gasteiger partial charge is 0.382 e. The number of carboxylic acid groups (broad SMARTS) is 1. The zero-order chi connectivity index (χ0) is 10.7. The highest BCUT2D eigenvalue weighted by molar-refractivity contribution is 5.87. The molecule has 3 heteroatoms. The topological polar surface area (TPSA) is 46.5 Å². The van der Waals surface area contributed by atoms with Crippen LogP contribution in [0.3, 0.4) is 0 Å². The molecule has 0 radical (unpaired) electrons. The third-order valence-electron chi connectivity index (χ3n) is 1.97. The Hall–Kier alpha value is -1.95. The van der Waals surface area contributed by atoms with Crippen molar-refractivity contribution in [1.82, 2.24) is 0 Å². The number of carboxylic acids is 1. The van der Waals surface area contributed by atoms with E-state index in [0.29, 0.717) is 11.7 Å². The molecule has 1 aromatic rings. The molecule has 0 unspecified atom stereocenters. The molecule has 1 saturated carbocycles. The molecule has 1 aliphatic rings. The minimum absolute atomic E-state index is 0.340. The van der Waals surface area contributed by atoms with E-state index in [1.807, 2.05) is 12.1 Å². The molecule has 0 bridgehead atoms. The summed E-state index contributed by atoms with van der Waals surface area (Å²) in [4.78, 5) is 10.2. The van der Waals surface area contributed by atoms with Crippen LogP contribution in [-0.4, -0.2) is 17.2 Å². The molecular weight excluding hydrogens is 192 g/mol. The minimum Gasteiger partial charge on any atom is -0.490 e. The van der Waals surface area contributed by atoms with Crippen LogP contribution in [0.1, 0.15) is 18.4 Å². The largest absolute Gasteiger partial charge is 0.490 e. The van der Waals surface area contributed by atoms with Gasteiger partial charge in [-0.25, -0.2) is 4.79 Å². The van der Waals surface area contributed by atoms with Gasteiger partial charge in [0.15, 0.2) is 0 Å². The van der Waals surface area contributed by atoms with Crippen molar-refractivity contribution in [1.29, 1.82) is 0 Å². The van der Waals surface area contributed by atoms with Gasteiger partial charge in [0.2, 0.25) is 0 Å². The second-order valence-corrected chi connectivity index (χ2v) is 3.40. The first-order chi connectivity index (χ1) is 7.24. The lowest BCUT2D eigenvalue weighted by molar-refractivity contribution is -0.130. The zero-order valence-electron chi connectivity index (χ0n) is 8.06. The quantitative estimate of drug-likeness (QED) is 0.742. The van der Waals surface area contributed by atoms with Gasteiger partial charge < -0.3 is 9.84 Å². The van der Waals surface area contributed by atoms with Crippen molar-refractivity contribution >= 4 is 5.97 Å². The van der Waals surface area contributed by atoms with Gasteiger partial charge in [0.25, 0.3) is 0 Å². The number of rotatable bonds is 2. The van der Waals surface area contributed by atoms with Crippen LogP contribution < -0.4 is 4.74 Å². The van der Waals surface area contributed by atoms with Crippen LogP contribution >= 0.6 is 0 Å². The molecule has 2 rings (SSSR count). The highest BCUT2D eigenvalue weighted by Gasteiger charge is 2.23. The molecule has 0 aromatic heterocycles. The molecule has 1 fully saturated rings. The fourth-order valence-corrected chi connectivity index (χ4v) is 1.15. The van der Waals surface area contributed by atoms with Gasteiger partial charge in [-0.1, -0.05) is 12.0 Å². The summed E-state index contributed by atoms with van der Waals surface area (Å²) in [5.41, 5.74) is 0.663. The lowest BCUT2D eigenvalue weighted by Gasteiger charge is -2.03. The predicted octanol–water partition coefficient (Wildman–Crippen LogP) is 1.66. The minimum atomic E-state index is -1.12. The highest BCUT2D eigenvalue weighted by Crippen LogP contribution is 2.26. The summed E-state index contributed by atoms with van der Waals surface area (Å²) in [5.74, 6) is 4.25. The number of benzene rings is 1. The predicted molar refractivity (Wildman–Crippen MR) is 54.6 cm³/mol. The molecule has 1 aromatic carbocycles. The monoisotopic (exact) mass is 202 g/mol. The lowest BCUT2D eigenvalue weighted by atomic mass is 10.2. The SMILES string of the molecule is O=C(O)C#Cc1cccc(OC2CC2)c1. The molecule has 0 aliphatic heterocycles. The van der Waals surface area contributed by atoms with Gasteiger partial charge in [0, 0.05) is 11.5 Å². The van der Waals surface area contributed by atoms with Crippen molar-refractivity contribution in [2.75, 3.05) is 0 Å². The maximum Gasteiger partial charge on any atom is 0.382 e. The first kappa shape index (κ1) is 9.60. The first-order valence-corrected chi connectivity index (χ1v) is 4.76. The van der Waals surface area contributed by atoms with Crippen LogP contribution in [0.5, 0.6) is 5.75 Å². The standard InChI is InChI=1S/C12H10O3/c13-12(14)7-4-9-2-1-3-11(8-9)15-10-5-6-10/h1-3,8,10H,5-6H2,(H,13,14). The Morgan fingerprint density at radius 1 is 1.47 bits per heavy atom. The van der Waals surface area contributed by atoms with Crippen molar-refractivity contribution in [3.05, 3.63) is 29.8 Å². The van der Waals surface area contributed by atoms with E-state index in [-0.39, 0.29) is 0 Å². The molecule has 3 nitrogen and oxygen atoms in total. The molecule has 0 atom stereocenters. The number of aliphatic carboxylic acids is 1. The van der Waals surface area contributed by atoms with Crippen molar-refractivity contribution in [3.63, 3.8) is 0 Å². The van der Waals surface area contributed by atoms with Gasteiger partial charge in [0.1, 0.15) is 5.75 Å². The van der Waals surface area contributed by atoms with Crippen molar-refractivity contribution in [2.45, 2.75) is 18.9 Å². The highest BCUT2D eigenvalue weighted by atomic mass is 16.5. The maximum atomic E-state index is 10.2. The Morgan fingerprint density at radius 3 is 2.93 bits per heavy atom. The Bertz CT molecular complexity index is 436. The number of ether oxygens (including phenoxy) is 1. The van der Waals surface area contributed by atoms with Crippen LogP contribution in [0.25, 0.3) is 0 Å². The first-order valence-electron chi connectivity index (χ1n) is 4.76. The fourth-order valence-electron chi connectivity index (χ4n) is 1.15. The fraction of sp³-hybridized carbons (Fsp3) is 0.250. The summed E-state index contributed by atoms with van der Waals surface area (Å²) >= 11 is 0. The Kier molecular flexibility index (Phi) is 2.59. The summed E-state index contributed by atoms with van der Waals surface area (Å²) in [7, 11) is 0. The average molecular weight is 202 g/mol. The van der Waals surface area contributed by atoms with E-state index >= 15 is 0 Å². The third-order valence-corrected chi connectivity index (χ3v) is 1.97. The van der Waals surface area contributed by atoms with E-state index in [1.165, 1.54) is 0 Å². The second kappa shape index (κ2) is 4.05. The Labute approximate surface area is 87.7 Å². The van der Waals surface area contributed by atoms with Gasteiger partial charge in [-0.3, -0.25) is 0 Å². The zero-order valence-corrected chi connectivity index (χ0v) is 8.06. The van der Waals surface area contributed by atoms with E-state index in [4.69, 9.17) is 9.84 Å². The molecule has 0 spiro atoms. The maximum absolute atomic E-state index is 10.2. The Balaban J connectivity index is 2.11. The van der Waals surface area contributed by atoms with Crippen molar-refractivity contribution < 1.29 is 14.6 Å². The van der Waals surface area contributed by atoms with Crippen molar-refractivity contribution in [2.24, 2.45) is 0 Å². The average Bonchev–Trinajstić information content (AvgIpc) is 2.99. The van der Waals surface area contributed by atoms with Gasteiger partial charge >= 0.3 is 5.97 Å². The summed E-state index contributed by atoms with van der Waals surface area (Å²) in [6.45, 7) is 0. The molecule has 1 N–H and O–H groups in total. The van der Waals surface area contributed by atoms with Crippen LogP contribution in [0.4, 0.5) is 0 Å². The third kappa shape index (κ3) is 3.03. The van der Waals surface area contributed by atoms with Gasteiger partial charge in [-0.2, -0.15) is 0 Å². The van der Waals surface area contributed by atoms with Crippen LogP contribution in [0, 0.1) is 11.8 Å². The molecule has 0 saturated heterocycles. The summed E-state index contributed by atoms with van der Waals surface area (Å²) in [6, 6.07) is 7.18.